The first-order valence-corrected chi connectivity index (χ1v) is 14.6. The summed E-state index contributed by atoms with van der Waals surface area (Å²) in [6, 6.07) is 17.6. The molecule has 9 nitrogen and oxygen atoms in total. The highest BCUT2D eigenvalue weighted by Gasteiger charge is 2.09. The van der Waals surface area contributed by atoms with Crippen molar-refractivity contribution in [1.82, 2.24) is 29.9 Å². The number of benzene rings is 2. The molecule has 2 heterocycles. The van der Waals surface area contributed by atoms with Crippen molar-refractivity contribution in [2.75, 3.05) is 12.3 Å². The number of unbranched alkanes of at least 4 members (excludes halogenated alkanes) is 4. The lowest BCUT2D eigenvalue weighted by atomic mass is 10.1. The number of aryl methyl sites for hydroxylation is 3. The molecule has 0 spiro atoms. The Kier molecular flexibility index (Phi) is 13.1. The number of nitriles is 1. The fraction of sp³-hybridized carbons (Fsp3) is 0.406. The van der Waals surface area contributed by atoms with Crippen LogP contribution >= 0.6 is 12.4 Å². The first-order valence-electron chi connectivity index (χ1n) is 14.6. The smallest absolute Gasteiger partial charge is 0.251 e. The van der Waals surface area contributed by atoms with Crippen molar-refractivity contribution in [2.24, 2.45) is 0 Å². The molecule has 2 aromatic heterocycles. The third-order valence-corrected chi connectivity index (χ3v) is 7.26. The standard InChI is InChI=1S/C32H40N8O.ClH/c1-2-3-5-8-25-15-17-28(18-16-25)31(41)35-19-20-39-24-29(37-38-39)9-6-4-7-10-30-22-36-32(34)40(30)23-27-13-11-26(21-33)12-14-27;/h11-18,22,24H,2-10,19-20,23H2,1H3,(H2,34,36)(H,35,41);1H. The summed E-state index contributed by atoms with van der Waals surface area (Å²) in [6.45, 7) is 3.92. The fourth-order valence-electron chi connectivity index (χ4n) is 4.82. The summed E-state index contributed by atoms with van der Waals surface area (Å²) in [7, 11) is 0. The van der Waals surface area contributed by atoms with Gasteiger partial charge in [-0.15, -0.1) is 17.5 Å². The van der Waals surface area contributed by atoms with Gasteiger partial charge in [-0.2, -0.15) is 5.26 Å². The Labute approximate surface area is 254 Å². The summed E-state index contributed by atoms with van der Waals surface area (Å²) in [5.41, 5.74) is 11.9. The molecule has 0 saturated carbocycles. The summed E-state index contributed by atoms with van der Waals surface area (Å²) in [5.74, 6) is 0.443. The second-order valence-electron chi connectivity index (χ2n) is 10.4. The molecule has 0 unspecified atom stereocenters. The van der Waals surface area contributed by atoms with Crippen LogP contribution < -0.4 is 11.1 Å². The Hall–Kier alpha value is -4.16. The third-order valence-electron chi connectivity index (χ3n) is 7.26. The predicted octanol–water partition coefficient (Wildman–Crippen LogP) is 5.52. The van der Waals surface area contributed by atoms with Crippen molar-refractivity contribution in [1.29, 1.82) is 5.26 Å². The van der Waals surface area contributed by atoms with Crippen LogP contribution in [0.2, 0.25) is 0 Å². The predicted molar refractivity (Wildman–Crippen MR) is 167 cm³/mol. The van der Waals surface area contributed by atoms with E-state index in [1.807, 2.05) is 53.4 Å². The molecule has 3 N–H and O–H groups in total. The van der Waals surface area contributed by atoms with Crippen LogP contribution in [-0.2, 0) is 32.4 Å². The average Bonchev–Trinajstić information content (AvgIpc) is 3.59. The zero-order chi connectivity index (χ0) is 28.9. The maximum absolute atomic E-state index is 12.5. The Bertz CT molecular complexity index is 1420. The lowest BCUT2D eigenvalue weighted by Crippen LogP contribution is -2.27. The van der Waals surface area contributed by atoms with Gasteiger partial charge < -0.3 is 15.6 Å². The van der Waals surface area contributed by atoms with Gasteiger partial charge in [0, 0.05) is 24.0 Å². The average molecular weight is 589 g/mol. The minimum Gasteiger partial charge on any atom is -0.369 e. The molecule has 4 rings (SSSR count). The van der Waals surface area contributed by atoms with E-state index in [1.54, 1.807) is 4.68 Å². The zero-order valence-corrected chi connectivity index (χ0v) is 25.2. The summed E-state index contributed by atoms with van der Waals surface area (Å²) in [4.78, 5) is 16.8. The first kappa shape index (κ1) is 32.4. The molecule has 4 aromatic rings. The van der Waals surface area contributed by atoms with Gasteiger partial charge in [-0.1, -0.05) is 55.7 Å². The highest BCUT2D eigenvalue weighted by Crippen LogP contribution is 2.16. The van der Waals surface area contributed by atoms with Crippen molar-refractivity contribution in [3.63, 3.8) is 0 Å². The van der Waals surface area contributed by atoms with Crippen molar-refractivity contribution in [3.8, 4) is 6.07 Å². The Morgan fingerprint density at radius 2 is 1.67 bits per heavy atom. The number of carbonyl (C=O) groups is 1. The van der Waals surface area contributed by atoms with E-state index < -0.39 is 0 Å². The van der Waals surface area contributed by atoms with Gasteiger partial charge in [-0.3, -0.25) is 9.48 Å². The van der Waals surface area contributed by atoms with Gasteiger partial charge in [-0.25, -0.2) is 4.98 Å². The molecule has 1 amide bonds. The van der Waals surface area contributed by atoms with Crippen LogP contribution in [0.15, 0.2) is 60.9 Å². The normalized spacial score (nSPS) is 10.7. The van der Waals surface area contributed by atoms with Gasteiger partial charge >= 0.3 is 0 Å². The van der Waals surface area contributed by atoms with Gasteiger partial charge in [-0.05, 0) is 73.9 Å². The summed E-state index contributed by atoms with van der Waals surface area (Å²) < 4.78 is 3.83. The molecular weight excluding hydrogens is 548 g/mol. The Balaban J connectivity index is 0.00000484. The number of imidazole rings is 1. The van der Waals surface area contributed by atoms with E-state index in [4.69, 9.17) is 11.0 Å². The van der Waals surface area contributed by atoms with Crippen LogP contribution in [0.25, 0.3) is 0 Å². The number of anilines is 1. The number of amides is 1. The van der Waals surface area contributed by atoms with Crippen LogP contribution in [0, 0.1) is 11.3 Å². The lowest BCUT2D eigenvalue weighted by molar-refractivity contribution is 0.0952. The lowest BCUT2D eigenvalue weighted by Gasteiger charge is -2.10. The van der Waals surface area contributed by atoms with Gasteiger partial charge in [0.25, 0.3) is 5.91 Å². The summed E-state index contributed by atoms with van der Waals surface area (Å²) in [5, 5.41) is 20.5. The van der Waals surface area contributed by atoms with E-state index in [0.717, 1.165) is 55.5 Å². The Morgan fingerprint density at radius 1 is 0.952 bits per heavy atom. The monoisotopic (exact) mass is 588 g/mol. The number of nitrogen functional groups attached to an aromatic ring is 1. The molecule has 0 atom stereocenters. The number of hydrogen-bond acceptors (Lipinski definition) is 6. The highest BCUT2D eigenvalue weighted by molar-refractivity contribution is 5.94. The number of nitrogens with zero attached hydrogens (tertiary/aromatic N) is 6. The van der Waals surface area contributed by atoms with E-state index in [2.05, 4.69) is 45.7 Å². The number of halogens is 1. The maximum atomic E-state index is 12.5. The zero-order valence-electron chi connectivity index (χ0n) is 24.3. The minimum absolute atomic E-state index is 0. The summed E-state index contributed by atoms with van der Waals surface area (Å²) >= 11 is 0. The van der Waals surface area contributed by atoms with Crippen LogP contribution in [0.1, 0.15) is 83.9 Å². The van der Waals surface area contributed by atoms with Crippen LogP contribution in [-0.4, -0.2) is 37.0 Å². The number of rotatable bonds is 16. The molecule has 2 aromatic carbocycles. The molecule has 0 aliphatic rings. The van der Waals surface area contributed by atoms with E-state index in [-0.39, 0.29) is 18.3 Å². The topological polar surface area (TPSA) is 127 Å². The molecule has 0 bridgehead atoms. The van der Waals surface area contributed by atoms with Crippen LogP contribution in [0.5, 0.6) is 0 Å². The maximum Gasteiger partial charge on any atom is 0.251 e. The number of nitrogens with two attached hydrogens (primary N) is 1. The van der Waals surface area contributed by atoms with Gasteiger partial charge in [0.2, 0.25) is 5.95 Å². The largest absolute Gasteiger partial charge is 0.369 e. The van der Waals surface area contributed by atoms with Crippen molar-refractivity contribution < 1.29 is 4.79 Å². The minimum atomic E-state index is -0.0644. The van der Waals surface area contributed by atoms with Crippen LogP contribution in [0.3, 0.4) is 0 Å². The molecule has 42 heavy (non-hydrogen) atoms. The third kappa shape index (κ3) is 9.74. The van der Waals surface area contributed by atoms with Crippen molar-refractivity contribution >= 4 is 24.3 Å². The summed E-state index contributed by atoms with van der Waals surface area (Å²) in [6.07, 6.45) is 13.4. The molecule has 0 saturated heterocycles. The quantitative estimate of drug-likeness (QED) is 0.166. The number of nitrogens with one attached hydrogen (secondary N) is 1. The van der Waals surface area contributed by atoms with E-state index >= 15 is 0 Å². The molecule has 0 aliphatic heterocycles. The second-order valence-corrected chi connectivity index (χ2v) is 10.4. The van der Waals surface area contributed by atoms with Gasteiger partial charge in [0.15, 0.2) is 0 Å². The van der Waals surface area contributed by atoms with Crippen molar-refractivity contribution in [3.05, 3.63) is 94.6 Å². The molecule has 0 aliphatic carbocycles. The number of carbonyl (C=O) groups excluding carboxylic acids is 1. The molecule has 10 heteroatoms. The molecule has 0 fully saturated rings. The number of aromatic nitrogens is 5. The van der Waals surface area contributed by atoms with E-state index in [9.17, 15) is 4.79 Å². The SMILES string of the molecule is CCCCCc1ccc(C(=O)NCCn2cc(CCCCCc3cnc(N)n3Cc3ccc(C#N)cc3)nn2)cc1.Cl. The first-order chi connectivity index (χ1) is 20.1. The van der Waals surface area contributed by atoms with Crippen molar-refractivity contribution in [2.45, 2.75) is 77.8 Å². The molecular formula is C32H41ClN8O. The highest BCUT2D eigenvalue weighted by atomic mass is 35.5. The van der Waals surface area contributed by atoms with Gasteiger partial charge in [0.05, 0.1) is 36.6 Å². The fourth-order valence-corrected chi connectivity index (χ4v) is 4.82. The van der Waals surface area contributed by atoms with E-state index in [1.165, 1.54) is 24.8 Å². The molecule has 222 valence electrons. The number of hydrogen-bond donors (Lipinski definition) is 2. The second kappa shape index (κ2) is 16.9. The van der Waals surface area contributed by atoms with E-state index in [0.29, 0.717) is 36.7 Å². The Morgan fingerprint density at radius 3 is 2.40 bits per heavy atom. The molecule has 0 radical (unpaired) electrons. The van der Waals surface area contributed by atoms with Gasteiger partial charge in [0.1, 0.15) is 0 Å². The van der Waals surface area contributed by atoms with Crippen LogP contribution in [0.4, 0.5) is 5.95 Å².